The van der Waals surface area contributed by atoms with Crippen molar-refractivity contribution in [2.24, 2.45) is 0 Å². The minimum Gasteiger partial charge on any atom is -0.246 e. The van der Waals surface area contributed by atoms with Crippen molar-refractivity contribution in [1.82, 2.24) is 4.98 Å². The van der Waals surface area contributed by atoms with E-state index in [0.29, 0.717) is 0 Å². The fourth-order valence-electron chi connectivity index (χ4n) is 1.52. The molecule has 1 aromatic rings. The van der Waals surface area contributed by atoms with E-state index in [9.17, 15) is 0 Å². The summed E-state index contributed by atoms with van der Waals surface area (Å²) in [5.41, 5.74) is 1.41. The molecule has 1 aromatic heterocycles. The summed E-state index contributed by atoms with van der Waals surface area (Å²) in [7, 11) is 0. The molecule has 1 fully saturated rings. The van der Waals surface area contributed by atoms with Gasteiger partial charge in [-0.2, -0.15) is 0 Å². The van der Waals surface area contributed by atoms with Crippen LogP contribution in [0, 0.1) is 6.92 Å². The maximum Gasteiger partial charge on any atom is 0.0931 e. The summed E-state index contributed by atoms with van der Waals surface area (Å²) in [5.74, 6) is 0.826. The lowest BCUT2D eigenvalue weighted by Crippen LogP contribution is -1.84. The quantitative estimate of drug-likeness (QED) is 0.697. The SMILES string of the molecule is CCCc1nc(C2CC2)c(C)s1. The third kappa shape index (κ3) is 1.53. The largest absolute Gasteiger partial charge is 0.246 e. The molecule has 0 radical (unpaired) electrons. The molecule has 0 spiro atoms. The molecule has 0 amide bonds. The molecule has 1 heterocycles. The first-order valence-electron chi connectivity index (χ1n) is 4.77. The smallest absolute Gasteiger partial charge is 0.0931 e. The van der Waals surface area contributed by atoms with E-state index >= 15 is 0 Å². The van der Waals surface area contributed by atoms with Crippen LogP contribution in [-0.2, 0) is 6.42 Å². The van der Waals surface area contributed by atoms with Gasteiger partial charge in [0.25, 0.3) is 0 Å². The van der Waals surface area contributed by atoms with E-state index < -0.39 is 0 Å². The maximum atomic E-state index is 4.68. The first-order valence-corrected chi connectivity index (χ1v) is 5.59. The Morgan fingerprint density at radius 3 is 2.83 bits per heavy atom. The highest BCUT2D eigenvalue weighted by Gasteiger charge is 2.27. The van der Waals surface area contributed by atoms with Gasteiger partial charge in [0.05, 0.1) is 10.7 Å². The van der Waals surface area contributed by atoms with Crippen LogP contribution in [-0.4, -0.2) is 4.98 Å². The Bertz CT molecular complexity index is 273. The van der Waals surface area contributed by atoms with E-state index in [1.54, 1.807) is 0 Å². The van der Waals surface area contributed by atoms with Crippen molar-refractivity contribution in [3.05, 3.63) is 15.6 Å². The third-order valence-corrected chi connectivity index (χ3v) is 3.35. The predicted molar refractivity (Wildman–Crippen MR) is 52.8 cm³/mol. The van der Waals surface area contributed by atoms with Crippen LogP contribution in [0.3, 0.4) is 0 Å². The fourth-order valence-corrected chi connectivity index (χ4v) is 2.64. The van der Waals surface area contributed by atoms with Gasteiger partial charge in [-0.3, -0.25) is 0 Å². The topological polar surface area (TPSA) is 12.9 Å². The van der Waals surface area contributed by atoms with E-state index in [2.05, 4.69) is 18.8 Å². The molecule has 1 aliphatic carbocycles. The summed E-state index contributed by atoms with van der Waals surface area (Å²) in [6.45, 7) is 4.43. The van der Waals surface area contributed by atoms with Crippen molar-refractivity contribution < 1.29 is 0 Å². The van der Waals surface area contributed by atoms with Crippen molar-refractivity contribution in [1.29, 1.82) is 0 Å². The Balaban J connectivity index is 2.18. The molecule has 1 saturated carbocycles. The first-order chi connectivity index (χ1) is 5.81. The number of aryl methyl sites for hydroxylation is 2. The molecular weight excluding hydrogens is 166 g/mol. The monoisotopic (exact) mass is 181 g/mol. The van der Waals surface area contributed by atoms with Crippen LogP contribution in [0.5, 0.6) is 0 Å². The van der Waals surface area contributed by atoms with Crippen LogP contribution in [0.2, 0.25) is 0 Å². The fraction of sp³-hybridized carbons (Fsp3) is 0.700. The Morgan fingerprint density at radius 1 is 1.50 bits per heavy atom. The molecule has 12 heavy (non-hydrogen) atoms. The van der Waals surface area contributed by atoms with Gasteiger partial charge in [0.1, 0.15) is 0 Å². The van der Waals surface area contributed by atoms with E-state index in [1.807, 2.05) is 11.3 Å². The van der Waals surface area contributed by atoms with Crippen LogP contribution in [0.15, 0.2) is 0 Å². The minimum atomic E-state index is 0.826. The molecule has 1 aliphatic rings. The Morgan fingerprint density at radius 2 is 2.25 bits per heavy atom. The summed E-state index contributed by atoms with van der Waals surface area (Å²) < 4.78 is 0. The highest BCUT2D eigenvalue weighted by atomic mass is 32.1. The Hall–Kier alpha value is -0.370. The van der Waals surface area contributed by atoms with Crippen molar-refractivity contribution in [3.63, 3.8) is 0 Å². The summed E-state index contributed by atoms with van der Waals surface area (Å²) in [6.07, 6.45) is 5.13. The molecule has 0 bridgehead atoms. The second-order valence-corrected chi connectivity index (χ2v) is 4.86. The van der Waals surface area contributed by atoms with Crippen LogP contribution >= 0.6 is 11.3 Å². The van der Waals surface area contributed by atoms with Gasteiger partial charge in [0, 0.05) is 10.8 Å². The minimum absolute atomic E-state index is 0.826. The van der Waals surface area contributed by atoms with Crippen molar-refractivity contribution in [2.45, 2.75) is 45.4 Å². The summed E-state index contributed by atoms with van der Waals surface area (Å²) >= 11 is 1.90. The molecule has 0 N–H and O–H groups in total. The average Bonchev–Trinajstić information content (AvgIpc) is 2.79. The second-order valence-electron chi connectivity index (χ2n) is 3.57. The zero-order chi connectivity index (χ0) is 8.55. The van der Waals surface area contributed by atoms with Gasteiger partial charge in [-0.15, -0.1) is 11.3 Å². The zero-order valence-electron chi connectivity index (χ0n) is 7.76. The zero-order valence-corrected chi connectivity index (χ0v) is 8.58. The number of nitrogens with zero attached hydrogens (tertiary/aromatic N) is 1. The number of thiazole rings is 1. The van der Waals surface area contributed by atoms with Crippen molar-refractivity contribution in [3.8, 4) is 0 Å². The van der Waals surface area contributed by atoms with E-state index in [1.165, 1.54) is 34.8 Å². The summed E-state index contributed by atoms with van der Waals surface area (Å²) in [5, 5.41) is 1.34. The van der Waals surface area contributed by atoms with Gasteiger partial charge < -0.3 is 0 Å². The molecule has 0 saturated heterocycles. The predicted octanol–water partition coefficient (Wildman–Crippen LogP) is 3.28. The van der Waals surface area contributed by atoms with Gasteiger partial charge >= 0.3 is 0 Å². The average molecular weight is 181 g/mol. The molecule has 0 aromatic carbocycles. The number of hydrogen-bond acceptors (Lipinski definition) is 2. The van der Waals surface area contributed by atoms with Crippen molar-refractivity contribution >= 4 is 11.3 Å². The van der Waals surface area contributed by atoms with Gasteiger partial charge in [0.2, 0.25) is 0 Å². The molecule has 66 valence electrons. The van der Waals surface area contributed by atoms with E-state index in [-0.39, 0.29) is 0 Å². The Kier molecular flexibility index (Phi) is 2.18. The van der Waals surface area contributed by atoms with E-state index in [0.717, 1.165) is 12.3 Å². The summed E-state index contributed by atoms with van der Waals surface area (Å²) in [4.78, 5) is 6.14. The number of hydrogen-bond donors (Lipinski definition) is 0. The van der Waals surface area contributed by atoms with Gasteiger partial charge in [-0.25, -0.2) is 4.98 Å². The number of aromatic nitrogens is 1. The normalized spacial score (nSPS) is 16.8. The van der Waals surface area contributed by atoms with Crippen LogP contribution < -0.4 is 0 Å². The van der Waals surface area contributed by atoms with Crippen LogP contribution in [0.1, 0.15) is 47.7 Å². The van der Waals surface area contributed by atoms with Gasteiger partial charge in [0.15, 0.2) is 0 Å². The lowest BCUT2D eigenvalue weighted by Gasteiger charge is -1.90. The van der Waals surface area contributed by atoms with Crippen LogP contribution in [0.4, 0.5) is 0 Å². The van der Waals surface area contributed by atoms with Gasteiger partial charge in [-0.05, 0) is 32.6 Å². The van der Waals surface area contributed by atoms with Crippen LogP contribution in [0.25, 0.3) is 0 Å². The standard InChI is InChI=1S/C10H15NS/c1-3-4-9-11-10(7(2)12-9)8-5-6-8/h8H,3-6H2,1-2H3. The molecule has 2 rings (SSSR count). The van der Waals surface area contributed by atoms with E-state index in [4.69, 9.17) is 0 Å². The molecule has 2 heteroatoms. The highest BCUT2D eigenvalue weighted by Crippen LogP contribution is 2.42. The third-order valence-electron chi connectivity index (χ3n) is 2.30. The lowest BCUT2D eigenvalue weighted by atomic mass is 10.2. The van der Waals surface area contributed by atoms with Gasteiger partial charge in [-0.1, -0.05) is 6.92 Å². The van der Waals surface area contributed by atoms with Crippen molar-refractivity contribution in [2.75, 3.05) is 0 Å². The molecule has 0 unspecified atom stereocenters. The molecule has 0 aliphatic heterocycles. The summed E-state index contributed by atoms with van der Waals surface area (Å²) in [6, 6.07) is 0. The molecule has 0 atom stereocenters. The highest BCUT2D eigenvalue weighted by molar-refractivity contribution is 7.11. The lowest BCUT2D eigenvalue weighted by molar-refractivity contribution is 0.889. The maximum absolute atomic E-state index is 4.68. The number of rotatable bonds is 3. The second kappa shape index (κ2) is 3.17. The molecular formula is C10H15NS. The first kappa shape index (κ1) is 8.24. The molecule has 1 nitrogen and oxygen atoms in total. The Labute approximate surface area is 77.8 Å².